The minimum atomic E-state index is -0.936. The van der Waals surface area contributed by atoms with E-state index in [2.05, 4.69) is 5.32 Å². The molecule has 1 aromatic rings. The Labute approximate surface area is 156 Å². The van der Waals surface area contributed by atoms with Crippen LogP contribution in [0, 0.1) is 30.6 Å². The number of methoxy groups -OCH3 is 1. The van der Waals surface area contributed by atoms with Gasteiger partial charge in [0.25, 0.3) is 0 Å². The van der Waals surface area contributed by atoms with Crippen LogP contribution in [0.1, 0.15) is 40.6 Å². The van der Waals surface area contributed by atoms with Gasteiger partial charge in [0, 0.05) is 4.88 Å². The van der Waals surface area contributed by atoms with Crippen molar-refractivity contribution >= 4 is 34.2 Å². The number of hydrogen-bond acceptors (Lipinski definition) is 5. The summed E-state index contributed by atoms with van der Waals surface area (Å²) in [6, 6.07) is 0. The number of allylic oxidation sites excluding steroid dienone is 2. The number of aryl methyl sites for hydroxylation is 1. The van der Waals surface area contributed by atoms with Gasteiger partial charge in [-0.3, -0.25) is 9.59 Å². The highest BCUT2D eigenvalue weighted by atomic mass is 32.1. The second kappa shape index (κ2) is 7.23. The summed E-state index contributed by atoms with van der Waals surface area (Å²) >= 11 is 1.33. The molecule has 2 bridgehead atoms. The van der Waals surface area contributed by atoms with Crippen LogP contribution in [0.25, 0.3) is 0 Å². The Hall–Kier alpha value is -2.15. The van der Waals surface area contributed by atoms with Crippen molar-refractivity contribution in [2.24, 2.45) is 23.7 Å². The van der Waals surface area contributed by atoms with Gasteiger partial charge in [-0.2, -0.15) is 0 Å². The van der Waals surface area contributed by atoms with Crippen LogP contribution in [-0.4, -0.2) is 30.1 Å². The minimum Gasteiger partial charge on any atom is -0.481 e. The molecule has 0 radical (unpaired) electrons. The number of hydrogen-bond donors (Lipinski definition) is 2. The first kappa shape index (κ1) is 18.6. The van der Waals surface area contributed by atoms with Crippen LogP contribution in [0.5, 0.6) is 0 Å². The largest absolute Gasteiger partial charge is 0.481 e. The number of carboxylic acids is 1. The van der Waals surface area contributed by atoms with Crippen LogP contribution in [-0.2, 0) is 20.7 Å². The van der Waals surface area contributed by atoms with Gasteiger partial charge in [-0.05, 0) is 43.6 Å². The second-order valence-corrected chi connectivity index (χ2v) is 8.08. The summed E-state index contributed by atoms with van der Waals surface area (Å²) in [5, 5.41) is 12.9. The van der Waals surface area contributed by atoms with Crippen molar-refractivity contribution < 1.29 is 24.2 Å². The fraction of sp³-hybridized carbons (Fsp3) is 0.526. The van der Waals surface area contributed by atoms with Gasteiger partial charge in [0.15, 0.2) is 0 Å². The van der Waals surface area contributed by atoms with Gasteiger partial charge in [0.2, 0.25) is 5.91 Å². The van der Waals surface area contributed by atoms with Crippen LogP contribution < -0.4 is 5.32 Å². The molecule has 1 amide bonds. The Morgan fingerprint density at radius 1 is 1.23 bits per heavy atom. The standard InChI is InChI=1S/C19H23NO5S/c1-4-12-9(2)26-17(15(12)19(24)25-3)20-16(21)13-10-5-7-11(8-6-10)14(13)18(22)23/h5,7,10-11,13-14H,4,6,8H2,1-3H3,(H,20,21)(H,22,23)/t10-,11-,13+,14+/m0/s1. The van der Waals surface area contributed by atoms with E-state index in [1.165, 1.54) is 18.4 Å². The van der Waals surface area contributed by atoms with E-state index in [1.807, 2.05) is 26.0 Å². The Morgan fingerprint density at radius 3 is 2.35 bits per heavy atom. The van der Waals surface area contributed by atoms with Crippen molar-refractivity contribution in [3.8, 4) is 0 Å². The van der Waals surface area contributed by atoms with Crippen molar-refractivity contribution in [2.75, 3.05) is 12.4 Å². The summed E-state index contributed by atoms with van der Waals surface area (Å²) in [5.41, 5.74) is 1.24. The number of rotatable bonds is 5. The zero-order chi connectivity index (χ0) is 19.0. The topological polar surface area (TPSA) is 92.7 Å². The number of amides is 1. The third-order valence-corrected chi connectivity index (χ3v) is 6.59. The van der Waals surface area contributed by atoms with Gasteiger partial charge in [0.1, 0.15) is 5.00 Å². The molecule has 1 fully saturated rings. The summed E-state index contributed by atoms with van der Waals surface area (Å²) in [6.07, 6.45) is 6.17. The Kier molecular flexibility index (Phi) is 5.18. The molecule has 1 aromatic heterocycles. The molecule has 26 heavy (non-hydrogen) atoms. The highest BCUT2D eigenvalue weighted by Crippen LogP contribution is 2.46. The zero-order valence-electron chi connectivity index (χ0n) is 15.1. The molecule has 140 valence electrons. The maximum absolute atomic E-state index is 13.0. The van der Waals surface area contributed by atoms with Crippen molar-refractivity contribution in [3.63, 3.8) is 0 Å². The van der Waals surface area contributed by atoms with E-state index < -0.39 is 23.8 Å². The molecule has 0 saturated heterocycles. The van der Waals surface area contributed by atoms with Crippen molar-refractivity contribution in [2.45, 2.75) is 33.1 Å². The number of fused-ring (bicyclic) bond motifs is 2. The quantitative estimate of drug-likeness (QED) is 0.607. The number of carbonyl (C=O) groups excluding carboxylic acids is 2. The van der Waals surface area contributed by atoms with Crippen LogP contribution >= 0.6 is 11.3 Å². The monoisotopic (exact) mass is 377 g/mol. The lowest BCUT2D eigenvalue weighted by molar-refractivity contribution is -0.151. The summed E-state index contributed by atoms with van der Waals surface area (Å²) in [7, 11) is 1.31. The molecule has 4 atom stereocenters. The number of aliphatic carboxylic acids is 1. The average Bonchev–Trinajstić information content (AvgIpc) is 2.95. The van der Waals surface area contributed by atoms with E-state index in [1.54, 1.807) is 0 Å². The fourth-order valence-electron chi connectivity index (χ4n) is 4.29. The second-order valence-electron chi connectivity index (χ2n) is 6.86. The maximum atomic E-state index is 13.0. The Balaban J connectivity index is 1.92. The molecule has 0 spiro atoms. The number of nitrogens with one attached hydrogen (secondary N) is 1. The van der Waals surface area contributed by atoms with Gasteiger partial charge in [-0.1, -0.05) is 19.1 Å². The molecule has 0 aliphatic heterocycles. The molecule has 3 aliphatic rings. The highest BCUT2D eigenvalue weighted by molar-refractivity contribution is 7.16. The first-order valence-corrected chi connectivity index (χ1v) is 9.63. The molecular formula is C19H23NO5S. The lowest BCUT2D eigenvalue weighted by Gasteiger charge is -2.41. The average molecular weight is 377 g/mol. The summed E-state index contributed by atoms with van der Waals surface area (Å²) in [5.74, 6) is -3.26. The predicted molar refractivity (Wildman–Crippen MR) is 98.4 cm³/mol. The van der Waals surface area contributed by atoms with Gasteiger partial charge < -0.3 is 15.2 Å². The smallest absolute Gasteiger partial charge is 0.341 e. The van der Waals surface area contributed by atoms with Crippen LogP contribution in [0.2, 0.25) is 0 Å². The molecule has 1 heterocycles. The van der Waals surface area contributed by atoms with Gasteiger partial charge >= 0.3 is 11.9 Å². The van der Waals surface area contributed by atoms with Gasteiger partial charge in [-0.25, -0.2) is 4.79 Å². The third-order valence-electron chi connectivity index (χ3n) is 5.52. The lowest BCUT2D eigenvalue weighted by Crippen LogP contribution is -2.47. The molecule has 0 unspecified atom stereocenters. The molecule has 2 N–H and O–H groups in total. The van der Waals surface area contributed by atoms with E-state index in [0.717, 1.165) is 23.3 Å². The molecule has 3 aliphatic carbocycles. The van der Waals surface area contributed by atoms with Crippen molar-refractivity contribution in [1.29, 1.82) is 0 Å². The molecule has 4 rings (SSSR count). The van der Waals surface area contributed by atoms with Gasteiger partial charge in [0.05, 0.1) is 24.5 Å². The minimum absolute atomic E-state index is 0.0746. The number of carbonyl (C=O) groups is 3. The molecular weight excluding hydrogens is 354 g/mol. The molecule has 7 heteroatoms. The van der Waals surface area contributed by atoms with Crippen molar-refractivity contribution in [1.82, 2.24) is 0 Å². The summed E-state index contributed by atoms with van der Waals surface area (Å²) in [6.45, 7) is 3.84. The maximum Gasteiger partial charge on any atom is 0.341 e. The van der Waals surface area contributed by atoms with Crippen LogP contribution in [0.15, 0.2) is 12.2 Å². The molecule has 6 nitrogen and oxygen atoms in total. The zero-order valence-corrected chi connectivity index (χ0v) is 15.9. The summed E-state index contributed by atoms with van der Waals surface area (Å²) in [4.78, 5) is 37.9. The Morgan fingerprint density at radius 2 is 1.85 bits per heavy atom. The first-order valence-electron chi connectivity index (χ1n) is 8.81. The molecule has 1 saturated carbocycles. The van der Waals surface area contributed by atoms with Crippen LogP contribution in [0.3, 0.4) is 0 Å². The lowest BCUT2D eigenvalue weighted by atomic mass is 9.62. The van der Waals surface area contributed by atoms with E-state index in [4.69, 9.17) is 4.74 Å². The van der Waals surface area contributed by atoms with E-state index in [9.17, 15) is 19.5 Å². The third kappa shape index (κ3) is 3.05. The molecule has 0 aromatic carbocycles. The van der Waals surface area contributed by atoms with E-state index >= 15 is 0 Å². The number of carboxylic acid groups (broad SMARTS) is 1. The SMILES string of the molecule is CCc1c(C)sc(NC(=O)[C@H]2[C@H](C(=O)O)[C@H]3C=C[C@H]2CC3)c1C(=O)OC. The number of anilines is 1. The van der Waals surface area contributed by atoms with E-state index in [-0.39, 0.29) is 17.7 Å². The normalized spacial score (nSPS) is 26.6. The fourth-order valence-corrected chi connectivity index (χ4v) is 5.43. The Bertz CT molecular complexity index is 781. The number of ether oxygens (including phenoxy) is 1. The van der Waals surface area contributed by atoms with E-state index in [0.29, 0.717) is 17.0 Å². The first-order chi connectivity index (χ1) is 12.4. The summed E-state index contributed by atoms with van der Waals surface area (Å²) < 4.78 is 4.88. The van der Waals surface area contributed by atoms with Crippen LogP contribution in [0.4, 0.5) is 5.00 Å². The van der Waals surface area contributed by atoms with Crippen molar-refractivity contribution in [3.05, 3.63) is 28.2 Å². The predicted octanol–water partition coefficient (Wildman–Crippen LogP) is 3.26. The number of thiophene rings is 1. The number of esters is 1. The highest BCUT2D eigenvalue weighted by Gasteiger charge is 2.48. The van der Waals surface area contributed by atoms with Gasteiger partial charge in [-0.15, -0.1) is 11.3 Å².